The Morgan fingerprint density at radius 3 is 2.72 bits per heavy atom. The van der Waals surface area contributed by atoms with Gasteiger partial charge in [0.2, 0.25) is 6.29 Å². The maximum Gasteiger partial charge on any atom is 0.206 e. The number of methoxy groups -OCH3 is 2. The zero-order chi connectivity index (χ0) is 17.6. The van der Waals surface area contributed by atoms with E-state index in [1.54, 1.807) is 20.5 Å². The van der Waals surface area contributed by atoms with E-state index < -0.39 is 0 Å². The second kappa shape index (κ2) is 8.18. The zero-order valence-electron chi connectivity index (χ0n) is 14.4. The van der Waals surface area contributed by atoms with Gasteiger partial charge in [-0.15, -0.1) is 0 Å². The van der Waals surface area contributed by atoms with Crippen molar-refractivity contribution in [3.8, 4) is 5.75 Å². The quantitative estimate of drug-likeness (QED) is 0.467. The molecular weight excluding hydrogens is 322 g/mol. The first-order valence-electron chi connectivity index (χ1n) is 8.22. The number of nitrogens with zero attached hydrogens (tertiary/aromatic N) is 1. The van der Waals surface area contributed by atoms with E-state index in [1.165, 1.54) is 6.21 Å². The summed E-state index contributed by atoms with van der Waals surface area (Å²) in [6.45, 7) is 1.01. The van der Waals surface area contributed by atoms with Crippen LogP contribution in [0.4, 0.5) is 0 Å². The van der Waals surface area contributed by atoms with Crippen molar-refractivity contribution in [1.29, 1.82) is 0 Å². The molecule has 3 rings (SSSR count). The van der Waals surface area contributed by atoms with E-state index in [4.69, 9.17) is 24.2 Å². The fraction of sp³-hybridized carbons (Fsp3) is 0.421. The Bertz CT molecular complexity index is 665. The van der Waals surface area contributed by atoms with Gasteiger partial charge in [0.25, 0.3) is 0 Å². The Balaban J connectivity index is 1.60. The standard InChI is InChI=1S/C19H23NO5/c1-22-16-6-3-13(4-7-16)10-24-11-15-12-25-19(23-2)18-14(9-20-21)5-8-17(15)18/h3-7,9,12,17-19,21H,8,10-11H2,1-2H3/b20-9-. The van der Waals surface area contributed by atoms with Gasteiger partial charge < -0.3 is 24.2 Å². The lowest BCUT2D eigenvalue weighted by Gasteiger charge is -2.34. The SMILES string of the molecule is COc1ccc(COCC2=COC(OC)C3C(/C=N\O)=CCC23)cc1. The summed E-state index contributed by atoms with van der Waals surface area (Å²) in [5.41, 5.74) is 3.10. The first-order chi connectivity index (χ1) is 12.3. The molecule has 1 aromatic rings. The van der Waals surface area contributed by atoms with Gasteiger partial charge in [0.15, 0.2) is 0 Å². The molecule has 1 aromatic carbocycles. The third kappa shape index (κ3) is 3.86. The lowest BCUT2D eigenvalue weighted by Crippen LogP contribution is -2.35. The molecule has 0 bridgehead atoms. The topological polar surface area (TPSA) is 69.5 Å². The molecule has 3 atom stereocenters. The van der Waals surface area contributed by atoms with Crippen LogP contribution in [0.1, 0.15) is 12.0 Å². The fourth-order valence-electron chi connectivity index (χ4n) is 3.39. The van der Waals surface area contributed by atoms with Gasteiger partial charge in [-0.2, -0.15) is 0 Å². The largest absolute Gasteiger partial charge is 0.497 e. The van der Waals surface area contributed by atoms with Crippen LogP contribution in [0, 0.1) is 11.8 Å². The van der Waals surface area contributed by atoms with Gasteiger partial charge in [-0.1, -0.05) is 23.4 Å². The molecule has 134 valence electrons. The molecule has 25 heavy (non-hydrogen) atoms. The summed E-state index contributed by atoms with van der Waals surface area (Å²) in [6.07, 6.45) is 5.75. The Hall–Kier alpha value is -2.31. The molecule has 1 heterocycles. The molecule has 0 saturated heterocycles. The van der Waals surface area contributed by atoms with E-state index in [9.17, 15) is 0 Å². The number of fused-ring (bicyclic) bond motifs is 1. The third-order valence-corrected chi connectivity index (χ3v) is 4.68. The van der Waals surface area contributed by atoms with Gasteiger partial charge in [0.05, 0.1) is 38.7 Å². The van der Waals surface area contributed by atoms with E-state index in [1.807, 2.05) is 24.3 Å². The van der Waals surface area contributed by atoms with E-state index in [0.29, 0.717) is 13.2 Å². The van der Waals surface area contributed by atoms with Crippen LogP contribution in [0.25, 0.3) is 0 Å². The van der Waals surface area contributed by atoms with Crippen LogP contribution in [0.3, 0.4) is 0 Å². The molecule has 6 heteroatoms. The highest BCUT2D eigenvalue weighted by atomic mass is 16.7. The van der Waals surface area contributed by atoms with Crippen molar-refractivity contribution >= 4 is 6.21 Å². The number of ether oxygens (including phenoxy) is 4. The molecule has 1 N–H and O–H groups in total. The number of benzene rings is 1. The maximum absolute atomic E-state index is 8.85. The summed E-state index contributed by atoms with van der Waals surface area (Å²) in [4.78, 5) is 0. The lowest BCUT2D eigenvalue weighted by molar-refractivity contribution is -0.129. The van der Waals surface area contributed by atoms with Gasteiger partial charge >= 0.3 is 0 Å². The first kappa shape index (κ1) is 17.5. The highest BCUT2D eigenvalue weighted by Gasteiger charge is 2.41. The lowest BCUT2D eigenvalue weighted by atomic mass is 9.84. The molecule has 0 saturated carbocycles. The molecule has 0 spiro atoms. The Morgan fingerprint density at radius 1 is 1.24 bits per heavy atom. The van der Waals surface area contributed by atoms with Crippen molar-refractivity contribution in [3.63, 3.8) is 0 Å². The van der Waals surface area contributed by atoms with Crippen LogP contribution >= 0.6 is 0 Å². The number of allylic oxidation sites excluding steroid dienone is 1. The van der Waals surface area contributed by atoms with Crippen molar-refractivity contribution in [2.45, 2.75) is 19.3 Å². The van der Waals surface area contributed by atoms with Crippen LogP contribution in [0.5, 0.6) is 5.75 Å². The minimum atomic E-state index is -0.373. The molecule has 1 aliphatic heterocycles. The monoisotopic (exact) mass is 345 g/mol. The van der Waals surface area contributed by atoms with E-state index in [2.05, 4.69) is 11.2 Å². The van der Waals surface area contributed by atoms with Crippen molar-refractivity contribution in [2.75, 3.05) is 20.8 Å². The molecule has 0 aromatic heterocycles. The predicted octanol–water partition coefficient (Wildman–Crippen LogP) is 3.12. The highest BCUT2D eigenvalue weighted by molar-refractivity contribution is 5.80. The average Bonchev–Trinajstić information content (AvgIpc) is 3.07. The average molecular weight is 345 g/mol. The molecule has 2 aliphatic rings. The highest BCUT2D eigenvalue weighted by Crippen LogP contribution is 2.42. The summed E-state index contributed by atoms with van der Waals surface area (Å²) in [5.74, 6) is 1.09. The number of hydrogen-bond donors (Lipinski definition) is 1. The second-order valence-electron chi connectivity index (χ2n) is 6.09. The van der Waals surface area contributed by atoms with E-state index in [-0.39, 0.29) is 18.1 Å². The van der Waals surface area contributed by atoms with Crippen LogP contribution in [0.2, 0.25) is 0 Å². The second-order valence-corrected chi connectivity index (χ2v) is 6.09. The number of hydrogen-bond acceptors (Lipinski definition) is 6. The fourth-order valence-corrected chi connectivity index (χ4v) is 3.39. The van der Waals surface area contributed by atoms with Crippen molar-refractivity contribution in [3.05, 3.63) is 53.3 Å². The number of rotatable bonds is 7. The predicted molar refractivity (Wildman–Crippen MR) is 92.6 cm³/mol. The zero-order valence-corrected chi connectivity index (χ0v) is 14.4. The molecule has 1 aliphatic carbocycles. The van der Waals surface area contributed by atoms with E-state index in [0.717, 1.165) is 28.9 Å². The van der Waals surface area contributed by atoms with Gasteiger partial charge in [0.1, 0.15) is 5.75 Å². The van der Waals surface area contributed by atoms with Gasteiger partial charge in [-0.3, -0.25) is 0 Å². The van der Waals surface area contributed by atoms with Crippen LogP contribution in [-0.4, -0.2) is 38.5 Å². The smallest absolute Gasteiger partial charge is 0.206 e. The van der Waals surface area contributed by atoms with Crippen molar-refractivity contribution in [1.82, 2.24) is 0 Å². The molecule has 0 fully saturated rings. The maximum atomic E-state index is 8.85. The van der Waals surface area contributed by atoms with E-state index >= 15 is 0 Å². The third-order valence-electron chi connectivity index (χ3n) is 4.68. The Kier molecular flexibility index (Phi) is 5.73. The van der Waals surface area contributed by atoms with Gasteiger partial charge in [-0.25, -0.2) is 0 Å². The van der Waals surface area contributed by atoms with Crippen molar-refractivity contribution < 1.29 is 24.2 Å². The molecule has 0 amide bonds. The van der Waals surface area contributed by atoms with Crippen LogP contribution < -0.4 is 4.74 Å². The molecule has 6 nitrogen and oxygen atoms in total. The summed E-state index contributed by atoms with van der Waals surface area (Å²) < 4.78 is 22.1. The summed E-state index contributed by atoms with van der Waals surface area (Å²) in [6, 6.07) is 7.81. The summed E-state index contributed by atoms with van der Waals surface area (Å²) in [7, 11) is 3.27. The number of oxime groups is 1. The Labute approximate surface area is 147 Å². The molecule has 0 radical (unpaired) electrons. The van der Waals surface area contributed by atoms with Gasteiger partial charge in [0, 0.05) is 13.0 Å². The minimum Gasteiger partial charge on any atom is -0.497 e. The summed E-state index contributed by atoms with van der Waals surface area (Å²) in [5, 5.41) is 12.0. The van der Waals surface area contributed by atoms with Gasteiger partial charge in [-0.05, 0) is 35.3 Å². The molecular formula is C19H23NO5. The normalized spacial score (nSPS) is 25.3. The van der Waals surface area contributed by atoms with Crippen LogP contribution in [-0.2, 0) is 20.8 Å². The summed E-state index contributed by atoms with van der Waals surface area (Å²) >= 11 is 0. The molecule has 3 unspecified atom stereocenters. The van der Waals surface area contributed by atoms with Crippen molar-refractivity contribution in [2.24, 2.45) is 17.0 Å². The first-order valence-corrected chi connectivity index (χ1v) is 8.22. The minimum absolute atomic E-state index is 0.0190. The Morgan fingerprint density at radius 2 is 2.04 bits per heavy atom. The van der Waals surface area contributed by atoms with Crippen LogP contribution in [0.15, 0.2) is 52.9 Å².